The summed E-state index contributed by atoms with van der Waals surface area (Å²) in [5, 5.41) is 28.2. The molecule has 0 spiro atoms. The molecular weight excluding hydrogens is 487 g/mol. The number of nitriles is 1. The van der Waals surface area contributed by atoms with Gasteiger partial charge in [0.2, 0.25) is 0 Å². The van der Waals surface area contributed by atoms with Gasteiger partial charge in [-0.1, -0.05) is 12.1 Å². The average Bonchev–Trinajstić information content (AvgIpc) is 3.51. The highest BCUT2D eigenvalue weighted by molar-refractivity contribution is 5.45. The van der Waals surface area contributed by atoms with Gasteiger partial charge in [0.25, 0.3) is 6.43 Å². The third-order valence-electron chi connectivity index (χ3n) is 5.89. The topological polar surface area (TPSA) is 98.1 Å². The van der Waals surface area contributed by atoms with Crippen molar-refractivity contribution >= 4 is 0 Å². The van der Waals surface area contributed by atoms with E-state index in [-0.39, 0.29) is 29.4 Å². The van der Waals surface area contributed by atoms with Gasteiger partial charge in [0.1, 0.15) is 29.4 Å². The normalized spacial score (nSPS) is 12.9. The number of hydrogen-bond donors (Lipinski definition) is 1. The Bertz CT molecular complexity index is 1430. The van der Waals surface area contributed by atoms with Crippen molar-refractivity contribution in [2.45, 2.75) is 32.2 Å². The standard InChI is InChI=1S/C26H24F3N5O3/c1-15(37-14-16-4-7-19(36-3)8-5-16)20-10-17(27)6-9-22(20)34-24(12-21(32-34)26(28)29)25(35)23-11-18(13-30)31-33(23)2/h4-12,15,25-26,35H,14H2,1-3H3/t15-,25?/m1/s1. The van der Waals surface area contributed by atoms with Crippen LogP contribution in [0.4, 0.5) is 13.2 Å². The maximum Gasteiger partial charge on any atom is 0.282 e. The SMILES string of the molecule is COc1ccc(CO[C@H](C)c2cc(F)ccc2-n2nc(C(F)F)cc2C(O)c2cc(C#N)nn2C)cc1. The molecule has 0 saturated carbocycles. The number of benzene rings is 2. The molecule has 0 aliphatic heterocycles. The summed E-state index contributed by atoms with van der Waals surface area (Å²) in [5.74, 6) is 0.145. The number of halogens is 3. The van der Waals surface area contributed by atoms with Crippen molar-refractivity contribution in [3.05, 3.63) is 94.3 Å². The Labute approximate surface area is 211 Å². The van der Waals surface area contributed by atoms with Crippen LogP contribution in [0.15, 0.2) is 54.6 Å². The molecule has 2 heterocycles. The fourth-order valence-electron chi connectivity index (χ4n) is 3.93. The zero-order valence-corrected chi connectivity index (χ0v) is 20.3. The van der Waals surface area contributed by atoms with Crippen molar-refractivity contribution in [1.29, 1.82) is 5.26 Å². The Morgan fingerprint density at radius 3 is 2.41 bits per heavy atom. The summed E-state index contributed by atoms with van der Waals surface area (Å²) in [6, 6.07) is 15.4. The fourth-order valence-corrected chi connectivity index (χ4v) is 3.93. The van der Waals surface area contributed by atoms with Gasteiger partial charge in [-0.3, -0.25) is 4.68 Å². The molecule has 1 N–H and O–H groups in total. The third-order valence-corrected chi connectivity index (χ3v) is 5.89. The number of aliphatic hydroxyl groups excluding tert-OH is 1. The summed E-state index contributed by atoms with van der Waals surface area (Å²) in [6.45, 7) is 1.90. The highest BCUT2D eigenvalue weighted by Gasteiger charge is 2.27. The van der Waals surface area contributed by atoms with Crippen LogP contribution in [0, 0.1) is 17.1 Å². The lowest BCUT2D eigenvalue weighted by atomic mass is 10.1. The number of aliphatic hydroxyl groups is 1. The quantitative estimate of drug-likeness (QED) is 0.343. The van der Waals surface area contributed by atoms with Gasteiger partial charge < -0.3 is 14.6 Å². The van der Waals surface area contributed by atoms with Gasteiger partial charge in [-0.25, -0.2) is 17.9 Å². The van der Waals surface area contributed by atoms with Crippen LogP contribution in [0.2, 0.25) is 0 Å². The molecule has 0 fully saturated rings. The summed E-state index contributed by atoms with van der Waals surface area (Å²) < 4.78 is 55.2. The molecule has 4 aromatic rings. The number of nitrogens with zero attached hydrogens (tertiary/aromatic N) is 5. The monoisotopic (exact) mass is 511 g/mol. The predicted octanol–water partition coefficient (Wildman–Crippen LogP) is 4.92. The summed E-state index contributed by atoms with van der Waals surface area (Å²) in [7, 11) is 3.09. The van der Waals surface area contributed by atoms with Crippen LogP contribution in [-0.4, -0.2) is 31.8 Å². The van der Waals surface area contributed by atoms with Crippen molar-refractivity contribution in [2.75, 3.05) is 7.11 Å². The number of rotatable bonds is 9. The number of methoxy groups -OCH3 is 1. The summed E-state index contributed by atoms with van der Waals surface area (Å²) in [6.07, 6.45) is -5.03. The van der Waals surface area contributed by atoms with E-state index in [1.165, 1.54) is 36.0 Å². The molecule has 192 valence electrons. The van der Waals surface area contributed by atoms with Crippen molar-refractivity contribution in [3.63, 3.8) is 0 Å². The first-order valence-electron chi connectivity index (χ1n) is 11.3. The Morgan fingerprint density at radius 2 is 1.78 bits per heavy atom. The van der Waals surface area contributed by atoms with Crippen LogP contribution in [0.3, 0.4) is 0 Å². The van der Waals surface area contributed by atoms with Crippen molar-refractivity contribution in [2.24, 2.45) is 7.05 Å². The van der Waals surface area contributed by atoms with Crippen LogP contribution in [0.25, 0.3) is 5.69 Å². The van der Waals surface area contributed by atoms with Crippen LogP contribution < -0.4 is 4.74 Å². The smallest absolute Gasteiger partial charge is 0.282 e. The summed E-state index contributed by atoms with van der Waals surface area (Å²) >= 11 is 0. The molecule has 2 aromatic carbocycles. The largest absolute Gasteiger partial charge is 0.497 e. The second-order valence-corrected chi connectivity index (χ2v) is 8.30. The van der Waals surface area contributed by atoms with Crippen LogP contribution in [-0.2, 0) is 18.4 Å². The maximum absolute atomic E-state index is 14.3. The lowest BCUT2D eigenvalue weighted by Crippen LogP contribution is -2.14. The van der Waals surface area contributed by atoms with E-state index in [1.54, 1.807) is 26.2 Å². The minimum atomic E-state index is -2.92. The van der Waals surface area contributed by atoms with Crippen molar-refractivity contribution in [1.82, 2.24) is 19.6 Å². The maximum atomic E-state index is 14.3. The van der Waals surface area contributed by atoms with Gasteiger partial charge in [-0.2, -0.15) is 15.5 Å². The van der Waals surface area contributed by atoms with Crippen LogP contribution in [0.1, 0.15) is 59.5 Å². The molecule has 1 unspecified atom stereocenters. The molecule has 11 heteroatoms. The number of alkyl halides is 2. The molecule has 0 amide bonds. The van der Waals surface area contributed by atoms with E-state index in [2.05, 4.69) is 10.2 Å². The first kappa shape index (κ1) is 25.9. The highest BCUT2D eigenvalue weighted by atomic mass is 19.3. The van der Waals surface area contributed by atoms with Gasteiger partial charge >= 0.3 is 0 Å². The molecule has 0 radical (unpaired) electrons. The zero-order valence-electron chi connectivity index (χ0n) is 20.3. The van der Waals surface area contributed by atoms with Gasteiger partial charge in [0.05, 0.1) is 36.9 Å². The first-order valence-corrected chi connectivity index (χ1v) is 11.3. The van der Waals surface area contributed by atoms with Gasteiger partial charge in [0, 0.05) is 18.7 Å². The van der Waals surface area contributed by atoms with E-state index in [9.17, 15) is 18.3 Å². The highest BCUT2D eigenvalue weighted by Crippen LogP contribution is 2.33. The lowest BCUT2D eigenvalue weighted by Gasteiger charge is -2.20. The molecule has 0 bridgehead atoms. The first-order chi connectivity index (χ1) is 17.7. The summed E-state index contributed by atoms with van der Waals surface area (Å²) in [4.78, 5) is 0. The van der Waals surface area contributed by atoms with Crippen molar-refractivity contribution in [3.8, 4) is 17.5 Å². The van der Waals surface area contributed by atoms with E-state index in [0.717, 1.165) is 16.3 Å². The fraction of sp³-hybridized carbons (Fsp3) is 0.269. The molecule has 37 heavy (non-hydrogen) atoms. The number of ether oxygens (including phenoxy) is 2. The van der Waals surface area contributed by atoms with Crippen molar-refractivity contribution < 1.29 is 27.8 Å². The van der Waals surface area contributed by atoms with Gasteiger partial charge in [-0.05, 0) is 48.9 Å². The average molecular weight is 512 g/mol. The predicted molar refractivity (Wildman–Crippen MR) is 127 cm³/mol. The second kappa shape index (κ2) is 10.9. The van der Waals surface area contributed by atoms with Crippen LogP contribution in [0.5, 0.6) is 5.75 Å². The van der Waals surface area contributed by atoms with Gasteiger partial charge in [0.15, 0.2) is 5.69 Å². The molecule has 2 aromatic heterocycles. The molecule has 0 saturated heterocycles. The zero-order chi connectivity index (χ0) is 26.7. The summed E-state index contributed by atoms with van der Waals surface area (Å²) in [5.41, 5.74) is 1.13. The Hall–Kier alpha value is -4.14. The van der Waals surface area contributed by atoms with E-state index >= 15 is 0 Å². The van der Waals surface area contributed by atoms with E-state index in [1.807, 2.05) is 18.2 Å². The third kappa shape index (κ3) is 5.50. The number of aromatic nitrogens is 4. The number of hydrogen-bond acceptors (Lipinski definition) is 6. The molecular formula is C26H24F3N5O3. The minimum Gasteiger partial charge on any atom is -0.497 e. The van der Waals surface area contributed by atoms with E-state index < -0.39 is 30.1 Å². The second-order valence-electron chi connectivity index (χ2n) is 8.30. The Kier molecular flexibility index (Phi) is 7.61. The lowest BCUT2D eigenvalue weighted by molar-refractivity contribution is 0.0522. The van der Waals surface area contributed by atoms with Gasteiger partial charge in [-0.15, -0.1) is 0 Å². The van der Waals surface area contributed by atoms with E-state index in [0.29, 0.717) is 11.3 Å². The van der Waals surface area contributed by atoms with Crippen LogP contribution >= 0.6 is 0 Å². The van der Waals surface area contributed by atoms with E-state index in [4.69, 9.17) is 14.7 Å². The molecule has 2 atom stereocenters. The Morgan fingerprint density at radius 1 is 1.05 bits per heavy atom. The molecule has 8 nitrogen and oxygen atoms in total. The molecule has 0 aliphatic carbocycles. The molecule has 4 rings (SSSR count). The minimum absolute atomic E-state index is 0.00185. The molecule has 0 aliphatic rings. The Balaban J connectivity index is 1.72. The number of aryl methyl sites for hydroxylation is 1.